The molecule has 0 spiro atoms. The van der Waals surface area contributed by atoms with Crippen LogP contribution in [0.4, 0.5) is 0 Å². The molecule has 2 aromatic carbocycles. The van der Waals surface area contributed by atoms with E-state index in [1.807, 2.05) is 89.2 Å². The lowest BCUT2D eigenvalue weighted by molar-refractivity contribution is -0.152. The van der Waals surface area contributed by atoms with Gasteiger partial charge in [0.2, 0.25) is 0 Å². The van der Waals surface area contributed by atoms with Crippen LogP contribution in [0.5, 0.6) is 0 Å². The topological polar surface area (TPSA) is 61.8 Å². The molecule has 4 atom stereocenters. The van der Waals surface area contributed by atoms with E-state index in [4.69, 9.17) is 14.2 Å². The lowest BCUT2D eigenvalue weighted by atomic mass is 9.93. The highest BCUT2D eigenvalue weighted by atomic mass is 16.8. The number of benzene rings is 2. The van der Waals surface area contributed by atoms with Crippen molar-refractivity contribution in [1.29, 1.82) is 0 Å². The van der Waals surface area contributed by atoms with Gasteiger partial charge in [-0.3, -0.25) is 4.79 Å². The molecule has 0 unspecified atom stereocenters. The van der Waals surface area contributed by atoms with Gasteiger partial charge in [-0.1, -0.05) is 61.5 Å². The Morgan fingerprint density at radius 2 is 1.68 bits per heavy atom. The fourth-order valence-corrected chi connectivity index (χ4v) is 4.43. The van der Waals surface area contributed by atoms with Crippen molar-refractivity contribution < 1.29 is 23.8 Å². The second-order valence-corrected chi connectivity index (χ2v) is 9.59. The molecule has 0 bridgehead atoms. The first-order chi connectivity index (χ1) is 16.1. The third-order valence-corrected chi connectivity index (χ3v) is 6.40. The molecule has 2 heterocycles. The zero-order valence-corrected chi connectivity index (χ0v) is 20.4. The van der Waals surface area contributed by atoms with Gasteiger partial charge in [-0.2, -0.15) is 0 Å². The first kappa shape index (κ1) is 24.1. The number of carbonyl (C=O) groups excluding carboxylic acids is 2. The molecule has 0 aliphatic carbocycles. The summed E-state index contributed by atoms with van der Waals surface area (Å²) < 4.78 is 17.8. The maximum atomic E-state index is 13.2. The normalized spacial score (nSPS) is 27.9. The SMILES string of the molecule is Cc1cc(-c2ccccc2)cc2c1C(=O)O[C@@H](C)[C@H](C)/C=C\C(=O)[C@H]1OC(C)(C)O[C@H]1CC=C2. The Balaban J connectivity index is 1.78. The predicted octanol–water partition coefficient (Wildman–Crippen LogP) is 5.91. The minimum Gasteiger partial charge on any atom is -0.458 e. The van der Waals surface area contributed by atoms with E-state index in [1.54, 1.807) is 6.08 Å². The molecule has 0 saturated carbocycles. The van der Waals surface area contributed by atoms with E-state index in [1.165, 1.54) is 6.08 Å². The van der Waals surface area contributed by atoms with Crippen LogP contribution in [0.1, 0.15) is 55.6 Å². The van der Waals surface area contributed by atoms with Crippen LogP contribution in [-0.4, -0.2) is 35.9 Å². The highest BCUT2D eigenvalue weighted by Gasteiger charge is 2.43. The number of hydrogen-bond donors (Lipinski definition) is 0. The lowest BCUT2D eigenvalue weighted by Gasteiger charge is -2.20. The Morgan fingerprint density at radius 3 is 2.41 bits per heavy atom. The number of cyclic esters (lactones) is 1. The molecule has 2 aliphatic rings. The van der Waals surface area contributed by atoms with E-state index in [0.717, 1.165) is 22.3 Å². The standard InChI is InChI=1S/C29H32O5/c1-18-14-15-24(30)27-25(33-29(4,5)34-27)13-9-12-22-17-23(21-10-7-6-8-11-21)16-19(2)26(22)28(31)32-20(18)3/h6-12,14-18,20,25,27H,13H2,1-5H3/b12-9?,15-14-/t18-,20+,25+,27-/m1/s1. The monoisotopic (exact) mass is 460 g/mol. The van der Waals surface area contributed by atoms with Gasteiger partial charge >= 0.3 is 5.97 Å². The van der Waals surface area contributed by atoms with E-state index in [-0.39, 0.29) is 17.7 Å². The van der Waals surface area contributed by atoms with Crippen molar-refractivity contribution in [2.45, 2.75) is 65.1 Å². The van der Waals surface area contributed by atoms with Gasteiger partial charge in [0, 0.05) is 5.92 Å². The molecule has 0 aromatic heterocycles. The molecule has 0 N–H and O–H groups in total. The van der Waals surface area contributed by atoms with Crippen molar-refractivity contribution in [3.8, 4) is 11.1 Å². The van der Waals surface area contributed by atoms with Crippen molar-refractivity contribution in [2.24, 2.45) is 5.92 Å². The number of hydrogen-bond acceptors (Lipinski definition) is 5. The third-order valence-electron chi connectivity index (χ3n) is 6.40. The lowest BCUT2D eigenvalue weighted by Crippen LogP contribution is -2.30. The number of ether oxygens (including phenoxy) is 3. The third kappa shape index (κ3) is 5.21. The van der Waals surface area contributed by atoms with E-state index in [0.29, 0.717) is 12.0 Å². The van der Waals surface area contributed by atoms with E-state index < -0.39 is 24.1 Å². The summed E-state index contributed by atoms with van der Waals surface area (Å²) in [6.45, 7) is 9.33. The molecule has 4 rings (SSSR count). The number of carbonyl (C=O) groups is 2. The summed E-state index contributed by atoms with van der Waals surface area (Å²) in [6, 6.07) is 14.1. The predicted molar refractivity (Wildman–Crippen MR) is 132 cm³/mol. The van der Waals surface area contributed by atoms with Gasteiger partial charge in [0.25, 0.3) is 0 Å². The number of fused-ring (bicyclic) bond motifs is 2. The number of aryl methyl sites for hydroxylation is 1. The average molecular weight is 461 g/mol. The summed E-state index contributed by atoms with van der Waals surface area (Å²) in [5.74, 6) is -1.50. The van der Waals surface area contributed by atoms with Crippen LogP contribution in [0.2, 0.25) is 0 Å². The summed E-state index contributed by atoms with van der Waals surface area (Å²) in [4.78, 5) is 26.1. The quantitative estimate of drug-likeness (QED) is 0.496. The largest absolute Gasteiger partial charge is 0.458 e. The molecule has 2 aromatic rings. The molecule has 2 aliphatic heterocycles. The fourth-order valence-electron chi connectivity index (χ4n) is 4.43. The van der Waals surface area contributed by atoms with Crippen molar-refractivity contribution >= 4 is 17.8 Å². The first-order valence-corrected chi connectivity index (χ1v) is 11.8. The van der Waals surface area contributed by atoms with Crippen LogP contribution < -0.4 is 0 Å². The van der Waals surface area contributed by atoms with Gasteiger partial charge in [-0.15, -0.1) is 0 Å². The first-order valence-electron chi connectivity index (χ1n) is 11.8. The van der Waals surface area contributed by atoms with Crippen LogP contribution in [0.25, 0.3) is 17.2 Å². The second kappa shape index (κ2) is 9.69. The van der Waals surface area contributed by atoms with Crippen molar-refractivity contribution in [2.75, 3.05) is 0 Å². The summed E-state index contributed by atoms with van der Waals surface area (Å²) in [7, 11) is 0. The van der Waals surface area contributed by atoms with E-state index in [2.05, 4.69) is 0 Å². The molecule has 1 fully saturated rings. The molecular formula is C29H32O5. The Bertz CT molecular complexity index is 1130. The smallest absolute Gasteiger partial charge is 0.339 e. The van der Waals surface area contributed by atoms with E-state index in [9.17, 15) is 9.59 Å². The average Bonchev–Trinajstić information content (AvgIpc) is 3.11. The maximum absolute atomic E-state index is 13.2. The van der Waals surface area contributed by atoms with E-state index >= 15 is 0 Å². The van der Waals surface area contributed by atoms with Crippen LogP contribution in [0.15, 0.2) is 60.7 Å². The molecule has 0 amide bonds. The maximum Gasteiger partial charge on any atom is 0.339 e. The van der Waals surface area contributed by atoms with Crippen LogP contribution in [0, 0.1) is 12.8 Å². The molecule has 1 saturated heterocycles. The van der Waals surface area contributed by atoms with Gasteiger partial charge in [0.15, 0.2) is 11.6 Å². The van der Waals surface area contributed by atoms with Crippen molar-refractivity contribution in [1.82, 2.24) is 0 Å². The molecule has 34 heavy (non-hydrogen) atoms. The highest BCUT2D eigenvalue weighted by Crippen LogP contribution is 2.32. The minimum atomic E-state index is -0.840. The summed E-state index contributed by atoms with van der Waals surface area (Å²) in [6.07, 6.45) is 6.14. The van der Waals surface area contributed by atoms with Crippen molar-refractivity contribution in [3.05, 3.63) is 77.4 Å². The Kier molecular flexibility index (Phi) is 6.87. The highest BCUT2D eigenvalue weighted by molar-refractivity contribution is 5.97. The minimum absolute atomic E-state index is 0.144. The number of esters is 1. The Hall–Kier alpha value is -3.02. The molecule has 178 valence electrons. The van der Waals surface area contributed by atoms with Crippen LogP contribution in [-0.2, 0) is 19.0 Å². The number of rotatable bonds is 1. The Morgan fingerprint density at radius 1 is 0.941 bits per heavy atom. The Labute approximate surface area is 201 Å². The molecule has 0 radical (unpaired) electrons. The van der Waals surface area contributed by atoms with Crippen LogP contribution >= 0.6 is 0 Å². The van der Waals surface area contributed by atoms with Gasteiger partial charge in [0.05, 0.1) is 11.7 Å². The zero-order valence-electron chi connectivity index (χ0n) is 20.4. The summed E-state index contributed by atoms with van der Waals surface area (Å²) in [5, 5.41) is 0. The van der Waals surface area contributed by atoms with Crippen molar-refractivity contribution in [3.63, 3.8) is 0 Å². The molecular weight excluding hydrogens is 428 g/mol. The fraction of sp³-hybridized carbons (Fsp3) is 0.379. The molecule has 5 nitrogen and oxygen atoms in total. The van der Waals surface area contributed by atoms with Gasteiger partial charge < -0.3 is 14.2 Å². The number of ketones is 1. The van der Waals surface area contributed by atoms with Crippen LogP contribution in [0.3, 0.4) is 0 Å². The second-order valence-electron chi connectivity index (χ2n) is 9.59. The van der Waals surface area contributed by atoms with Gasteiger partial charge in [-0.25, -0.2) is 4.79 Å². The zero-order chi connectivity index (χ0) is 24.5. The molecule has 5 heteroatoms. The van der Waals surface area contributed by atoms with Gasteiger partial charge in [-0.05, 0) is 68.5 Å². The summed E-state index contributed by atoms with van der Waals surface area (Å²) in [5.41, 5.74) is 4.27. The summed E-state index contributed by atoms with van der Waals surface area (Å²) >= 11 is 0. The van der Waals surface area contributed by atoms with Gasteiger partial charge in [0.1, 0.15) is 12.2 Å².